The van der Waals surface area contributed by atoms with Crippen LogP contribution < -0.4 is 0 Å². The Hall–Kier alpha value is -3.66. The fourth-order valence-corrected chi connectivity index (χ4v) is 3.50. The number of hydrogen-bond donors (Lipinski definition) is 0. The summed E-state index contributed by atoms with van der Waals surface area (Å²) in [6.07, 6.45) is 3.79. The van der Waals surface area contributed by atoms with E-state index in [9.17, 15) is 4.79 Å². The highest BCUT2D eigenvalue weighted by atomic mass is 16.2. The summed E-state index contributed by atoms with van der Waals surface area (Å²) in [5.41, 5.74) is 3.98. The summed E-state index contributed by atoms with van der Waals surface area (Å²) in [5.74, 6) is -0.263. The molecule has 0 saturated heterocycles. The van der Waals surface area contributed by atoms with Gasteiger partial charge in [-0.25, -0.2) is 4.68 Å². The van der Waals surface area contributed by atoms with Crippen LogP contribution in [-0.4, -0.2) is 27.6 Å². The van der Waals surface area contributed by atoms with E-state index in [4.69, 9.17) is 0 Å². The van der Waals surface area contributed by atoms with Crippen LogP contribution in [0.4, 0.5) is 0 Å². The maximum Gasteiger partial charge on any atom is 0.234 e. The van der Waals surface area contributed by atoms with Crippen LogP contribution >= 0.6 is 0 Å². The predicted molar refractivity (Wildman–Crippen MR) is 115 cm³/mol. The molecule has 29 heavy (non-hydrogen) atoms. The monoisotopic (exact) mass is 381 g/mol. The van der Waals surface area contributed by atoms with Crippen LogP contribution in [0.3, 0.4) is 0 Å². The fourth-order valence-electron chi connectivity index (χ4n) is 3.50. The van der Waals surface area contributed by atoms with Crippen molar-refractivity contribution >= 4 is 5.91 Å². The average Bonchev–Trinajstić information content (AvgIpc) is 3.24. The lowest BCUT2D eigenvalue weighted by Gasteiger charge is -2.24. The number of rotatable bonds is 6. The van der Waals surface area contributed by atoms with E-state index in [1.807, 2.05) is 115 Å². The van der Waals surface area contributed by atoms with E-state index in [-0.39, 0.29) is 11.8 Å². The van der Waals surface area contributed by atoms with Gasteiger partial charge in [-0.3, -0.25) is 4.79 Å². The topological polar surface area (TPSA) is 38.1 Å². The van der Waals surface area contributed by atoms with Gasteiger partial charge in [0.1, 0.15) is 0 Å². The van der Waals surface area contributed by atoms with Crippen LogP contribution in [-0.2, 0) is 11.3 Å². The van der Waals surface area contributed by atoms with Gasteiger partial charge in [0, 0.05) is 25.4 Å². The number of carbonyl (C=O) groups is 1. The van der Waals surface area contributed by atoms with Crippen molar-refractivity contribution in [1.82, 2.24) is 14.7 Å². The van der Waals surface area contributed by atoms with E-state index in [1.165, 1.54) is 0 Å². The van der Waals surface area contributed by atoms with Crippen molar-refractivity contribution in [3.8, 4) is 5.69 Å². The average molecular weight is 381 g/mol. The summed E-state index contributed by atoms with van der Waals surface area (Å²) < 4.78 is 1.83. The maximum absolute atomic E-state index is 13.4. The predicted octanol–water partition coefficient (Wildman–Crippen LogP) is 4.66. The van der Waals surface area contributed by atoms with Crippen molar-refractivity contribution in [3.05, 3.63) is 120 Å². The smallest absolute Gasteiger partial charge is 0.234 e. The van der Waals surface area contributed by atoms with Crippen LogP contribution in [0.2, 0.25) is 0 Å². The summed E-state index contributed by atoms with van der Waals surface area (Å²) in [6.45, 7) is 0.502. The zero-order valence-electron chi connectivity index (χ0n) is 16.3. The minimum absolute atomic E-state index is 0.0647. The number of nitrogens with zero attached hydrogens (tertiary/aromatic N) is 3. The van der Waals surface area contributed by atoms with E-state index >= 15 is 0 Å². The summed E-state index contributed by atoms with van der Waals surface area (Å²) >= 11 is 0. The third kappa shape index (κ3) is 4.27. The van der Waals surface area contributed by atoms with Gasteiger partial charge in [0.25, 0.3) is 0 Å². The first kappa shape index (κ1) is 18.7. The molecule has 0 N–H and O–H groups in total. The Bertz CT molecular complexity index is 1020. The molecule has 0 radical (unpaired) electrons. The summed E-state index contributed by atoms with van der Waals surface area (Å²) in [5, 5.41) is 4.44. The lowest BCUT2D eigenvalue weighted by Crippen LogP contribution is -2.31. The molecule has 0 aliphatic carbocycles. The van der Waals surface area contributed by atoms with Gasteiger partial charge in [-0.1, -0.05) is 78.9 Å². The van der Waals surface area contributed by atoms with Crippen molar-refractivity contribution < 1.29 is 4.79 Å². The quantitative estimate of drug-likeness (QED) is 0.487. The first-order valence-electron chi connectivity index (χ1n) is 9.66. The first-order chi connectivity index (χ1) is 14.2. The van der Waals surface area contributed by atoms with Crippen molar-refractivity contribution in [2.75, 3.05) is 7.05 Å². The fraction of sp³-hybridized carbons (Fsp3) is 0.120. The molecule has 0 aliphatic rings. The van der Waals surface area contributed by atoms with Crippen molar-refractivity contribution in [1.29, 1.82) is 0 Å². The van der Waals surface area contributed by atoms with Crippen molar-refractivity contribution in [2.24, 2.45) is 0 Å². The van der Waals surface area contributed by atoms with E-state index in [0.717, 1.165) is 22.4 Å². The number of aromatic nitrogens is 2. The molecular weight excluding hydrogens is 358 g/mol. The lowest BCUT2D eigenvalue weighted by atomic mass is 9.90. The molecule has 1 aromatic heterocycles. The number of para-hydroxylation sites is 1. The number of amides is 1. The van der Waals surface area contributed by atoms with Crippen LogP contribution in [0.15, 0.2) is 103 Å². The summed E-state index contributed by atoms with van der Waals surface area (Å²) in [6, 6.07) is 29.8. The molecule has 0 fully saturated rings. The van der Waals surface area contributed by atoms with Gasteiger partial charge in [0.2, 0.25) is 5.91 Å². The van der Waals surface area contributed by atoms with Gasteiger partial charge >= 0.3 is 0 Å². The molecule has 0 spiro atoms. The van der Waals surface area contributed by atoms with Gasteiger partial charge in [0.05, 0.1) is 17.8 Å². The largest absolute Gasteiger partial charge is 0.340 e. The van der Waals surface area contributed by atoms with E-state index in [1.54, 1.807) is 4.90 Å². The van der Waals surface area contributed by atoms with Crippen LogP contribution in [0.5, 0.6) is 0 Å². The Kier molecular flexibility index (Phi) is 5.52. The summed E-state index contributed by atoms with van der Waals surface area (Å²) in [7, 11) is 1.85. The van der Waals surface area contributed by atoms with Crippen LogP contribution in [0.25, 0.3) is 5.69 Å². The molecule has 3 aromatic carbocycles. The Morgan fingerprint density at radius 3 is 1.93 bits per heavy atom. The molecule has 0 bridgehead atoms. The van der Waals surface area contributed by atoms with Gasteiger partial charge in [-0.2, -0.15) is 5.10 Å². The van der Waals surface area contributed by atoms with Gasteiger partial charge in [0.15, 0.2) is 0 Å². The van der Waals surface area contributed by atoms with Gasteiger partial charge in [-0.15, -0.1) is 0 Å². The molecule has 1 heterocycles. The van der Waals surface area contributed by atoms with Gasteiger partial charge < -0.3 is 4.90 Å². The van der Waals surface area contributed by atoms with Crippen LogP contribution in [0, 0.1) is 0 Å². The molecule has 1 amide bonds. The highest BCUT2D eigenvalue weighted by Crippen LogP contribution is 2.27. The molecule has 0 saturated carbocycles. The third-order valence-electron chi connectivity index (χ3n) is 4.97. The highest BCUT2D eigenvalue weighted by molar-refractivity contribution is 5.87. The molecule has 0 atom stereocenters. The Morgan fingerprint density at radius 2 is 1.38 bits per heavy atom. The zero-order chi connectivity index (χ0) is 20.1. The number of carbonyl (C=O) groups excluding carboxylic acids is 1. The molecule has 4 nitrogen and oxygen atoms in total. The van der Waals surface area contributed by atoms with Crippen LogP contribution in [0.1, 0.15) is 22.6 Å². The van der Waals surface area contributed by atoms with Crippen molar-refractivity contribution in [3.63, 3.8) is 0 Å². The molecule has 4 heteroatoms. The minimum Gasteiger partial charge on any atom is -0.340 e. The molecule has 0 unspecified atom stereocenters. The SMILES string of the molecule is CN(Cc1cnn(-c2ccccc2)c1)C(=O)C(c1ccccc1)c1ccccc1. The third-order valence-corrected chi connectivity index (χ3v) is 4.97. The maximum atomic E-state index is 13.4. The molecular formula is C25H23N3O. The Labute approximate surface area is 171 Å². The standard InChI is InChI=1S/C25H23N3O/c1-27(18-20-17-26-28(19-20)23-15-9-4-10-16-23)25(29)24(21-11-5-2-6-12-21)22-13-7-3-8-14-22/h2-17,19,24H,18H2,1H3. The van der Waals surface area contributed by atoms with Crippen molar-refractivity contribution in [2.45, 2.75) is 12.5 Å². The van der Waals surface area contributed by atoms with E-state index in [0.29, 0.717) is 6.54 Å². The number of hydrogen-bond acceptors (Lipinski definition) is 2. The second-order valence-corrected chi connectivity index (χ2v) is 7.08. The molecule has 4 rings (SSSR count). The summed E-state index contributed by atoms with van der Waals surface area (Å²) in [4.78, 5) is 15.2. The lowest BCUT2D eigenvalue weighted by molar-refractivity contribution is -0.131. The Balaban J connectivity index is 1.56. The second kappa shape index (κ2) is 8.57. The second-order valence-electron chi connectivity index (χ2n) is 7.08. The zero-order valence-corrected chi connectivity index (χ0v) is 16.3. The molecule has 0 aliphatic heterocycles. The minimum atomic E-state index is -0.327. The first-order valence-corrected chi connectivity index (χ1v) is 9.66. The van der Waals surface area contributed by atoms with E-state index < -0.39 is 0 Å². The Morgan fingerprint density at radius 1 is 0.862 bits per heavy atom. The van der Waals surface area contributed by atoms with E-state index in [2.05, 4.69) is 5.10 Å². The normalized spacial score (nSPS) is 10.8. The molecule has 4 aromatic rings. The van der Waals surface area contributed by atoms with Gasteiger partial charge in [-0.05, 0) is 23.3 Å². The highest BCUT2D eigenvalue weighted by Gasteiger charge is 2.25. The molecule has 144 valence electrons. The number of benzene rings is 3. The number of likely N-dealkylation sites (N-methyl/N-ethyl adjacent to an activating group) is 1.